The van der Waals surface area contributed by atoms with Gasteiger partial charge in [0.25, 0.3) is 0 Å². The lowest BCUT2D eigenvalue weighted by Crippen LogP contribution is -2.52. The van der Waals surface area contributed by atoms with Gasteiger partial charge in [-0.1, -0.05) is 13.8 Å². The monoisotopic (exact) mass is 288 g/mol. The zero-order valence-corrected chi connectivity index (χ0v) is 11.5. The van der Waals surface area contributed by atoms with E-state index in [1.807, 2.05) is 0 Å². The number of primary amides is 2. The fourth-order valence-electron chi connectivity index (χ4n) is 1.51. The van der Waals surface area contributed by atoms with Crippen molar-refractivity contribution < 1.29 is 24.3 Å². The van der Waals surface area contributed by atoms with Crippen molar-refractivity contribution >= 4 is 23.8 Å². The molecule has 0 aliphatic heterocycles. The SMILES string of the molecule is CC(C)CC(NC(=O)N(CC(N)=O)CC(N)=O)C(=O)O. The molecular formula is C11H20N4O5. The number of nitrogens with one attached hydrogen (secondary N) is 1. The summed E-state index contributed by atoms with van der Waals surface area (Å²) in [7, 11) is 0. The highest BCUT2D eigenvalue weighted by molar-refractivity contribution is 5.89. The molecule has 0 saturated carbocycles. The molecule has 0 fully saturated rings. The number of hydrogen-bond donors (Lipinski definition) is 4. The average molecular weight is 288 g/mol. The molecule has 9 nitrogen and oxygen atoms in total. The van der Waals surface area contributed by atoms with E-state index in [0.717, 1.165) is 4.90 Å². The van der Waals surface area contributed by atoms with Gasteiger partial charge in [0.05, 0.1) is 0 Å². The Balaban J connectivity index is 4.81. The Labute approximate surface area is 116 Å². The highest BCUT2D eigenvalue weighted by atomic mass is 16.4. The lowest BCUT2D eigenvalue weighted by molar-refractivity contribution is -0.139. The molecule has 0 heterocycles. The molecule has 0 spiro atoms. The van der Waals surface area contributed by atoms with Gasteiger partial charge in [-0.05, 0) is 12.3 Å². The summed E-state index contributed by atoms with van der Waals surface area (Å²) in [6.45, 7) is 2.55. The van der Waals surface area contributed by atoms with Gasteiger partial charge in [-0.25, -0.2) is 9.59 Å². The predicted molar refractivity (Wildman–Crippen MR) is 69.4 cm³/mol. The first-order valence-corrected chi connectivity index (χ1v) is 5.98. The number of carboxylic acid groups (broad SMARTS) is 1. The fraction of sp³-hybridized carbons (Fsp3) is 0.636. The van der Waals surface area contributed by atoms with E-state index >= 15 is 0 Å². The number of carbonyl (C=O) groups excluding carboxylic acids is 3. The minimum absolute atomic E-state index is 0.0390. The quantitative estimate of drug-likeness (QED) is 0.426. The summed E-state index contributed by atoms with van der Waals surface area (Å²) in [5.41, 5.74) is 9.90. The highest BCUT2D eigenvalue weighted by Gasteiger charge is 2.25. The van der Waals surface area contributed by atoms with E-state index < -0.39 is 42.9 Å². The summed E-state index contributed by atoms with van der Waals surface area (Å²) in [5, 5.41) is 11.2. The molecule has 1 unspecified atom stereocenters. The Bertz CT molecular complexity index is 380. The van der Waals surface area contributed by atoms with Crippen molar-refractivity contribution in [3.05, 3.63) is 0 Å². The lowest BCUT2D eigenvalue weighted by atomic mass is 10.0. The van der Waals surface area contributed by atoms with E-state index in [4.69, 9.17) is 16.6 Å². The van der Waals surface area contributed by atoms with Gasteiger partial charge >= 0.3 is 12.0 Å². The third-order valence-electron chi connectivity index (χ3n) is 2.28. The summed E-state index contributed by atoms with van der Waals surface area (Å²) in [4.78, 5) is 45.3. The Hall–Kier alpha value is -2.32. The molecule has 1 atom stereocenters. The average Bonchev–Trinajstić information content (AvgIpc) is 2.24. The maximum absolute atomic E-state index is 11.8. The summed E-state index contributed by atoms with van der Waals surface area (Å²) in [5.74, 6) is -2.84. The minimum Gasteiger partial charge on any atom is -0.480 e. The second-order valence-corrected chi connectivity index (χ2v) is 4.76. The van der Waals surface area contributed by atoms with Gasteiger partial charge in [0, 0.05) is 0 Å². The summed E-state index contributed by atoms with van der Waals surface area (Å²) in [6.07, 6.45) is 0.210. The highest BCUT2D eigenvalue weighted by Crippen LogP contribution is 2.05. The summed E-state index contributed by atoms with van der Waals surface area (Å²) < 4.78 is 0. The van der Waals surface area contributed by atoms with Crippen molar-refractivity contribution in [1.82, 2.24) is 10.2 Å². The van der Waals surface area contributed by atoms with Gasteiger partial charge in [-0.3, -0.25) is 9.59 Å². The molecule has 0 radical (unpaired) electrons. The molecule has 0 aliphatic carbocycles. The molecule has 114 valence electrons. The lowest BCUT2D eigenvalue weighted by Gasteiger charge is -2.23. The first kappa shape index (κ1) is 17.7. The Morgan fingerprint density at radius 1 is 1.10 bits per heavy atom. The van der Waals surface area contributed by atoms with Crippen LogP contribution in [-0.4, -0.2) is 53.0 Å². The van der Waals surface area contributed by atoms with E-state index in [9.17, 15) is 19.2 Å². The van der Waals surface area contributed by atoms with Crippen LogP contribution in [0.2, 0.25) is 0 Å². The van der Waals surface area contributed by atoms with Crippen molar-refractivity contribution in [3.8, 4) is 0 Å². The summed E-state index contributed by atoms with van der Waals surface area (Å²) >= 11 is 0. The molecule has 9 heteroatoms. The van der Waals surface area contributed by atoms with Crippen molar-refractivity contribution in [2.75, 3.05) is 13.1 Å². The molecule has 0 aromatic heterocycles. The third kappa shape index (κ3) is 7.19. The van der Waals surface area contributed by atoms with Crippen molar-refractivity contribution in [3.63, 3.8) is 0 Å². The number of urea groups is 1. The van der Waals surface area contributed by atoms with Gasteiger partial charge < -0.3 is 26.8 Å². The van der Waals surface area contributed by atoms with Crippen LogP contribution in [0.5, 0.6) is 0 Å². The molecule has 6 N–H and O–H groups in total. The zero-order valence-electron chi connectivity index (χ0n) is 11.5. The van der Waals surface area contributed by atoms with Crippen LogP contribution in [0.1, 0.15) is 20.3 Å². The molecule has 0 saturated heterocycles. The van der Waals surface area contributed by atoms with Crippen molar-refractivity contribution in [2.24, 2.45) is 17.4 Å². The Morgan fingerprint density at radius 2 is 1.55 bits per heavy atom. The Morgan fingerprint density at radius 3 is 1.85 bits per heavy atom. The van der Waals surface area contributed by atoms with Crippen LogP contribution in [0.3, 0.4) is 0 Å². The van der Waals surface area contributed by atoms with Crippen LogP contribution in [-0.2, 0) is 14.4 Å². The topological polar surface area (TPSA) is 156 Å². The normalized spacial score (nSPS) is 11.8. The number of carboxylic acids is 1. The molecule has 0 bridgehead atoms. The van der Waals surface area contributed by atoms with Crippen LogP contribution in [0.25, 0.3) is 0 Å². The first-order valence-electron chi connectivity index (χ1n) is 5.98. The largest absolute Gasteiger partial charge is 0.480 e. The van der Waals surface area contributed by atoms with Gasteiger partial charge in [0.15, 0.2) is 0 Å². The smallest absolute Gasteiger partial charge is 0.326 e. The Kier molecular flexibility index (Phi) is 7.05. The van der Waals surface area contributed by atoms with Gasteiger partial charge in [-0.15, -0.1) is 0 Å². The molecule has 0 rings (SSSR count). The number of nitrogens with two attached hydrogens (primary N) is 2. The molecule has 20 heavy (non-hydrogen) atoms. The third-order valence-corrected chi connectivity index (χ3v) is 2.28. The fourth-order valence-corrected chi connectivity index (χ4v) is 1.51. The minimum atomic E-state index is -1.20. The second kappa shape index (κ2) is 7.97. The van der Waals surface area contributed by atoms with E-state index in [1.165, 1.54) is 0 Å². The molecule has 0 aromatic carbocycles. The van der Waals surface area contributed by atoms with Crippen LogP contribution in [0, 0.1) is 5.92 Å². The predicted octanol–water partition coefficient (Wildman–Crippen LogP) is -1.53. The zero-order chi connectivity index (χ0) is 15.9. The number of rotatable bonds is 8. The number of carbonyl (C=O) groups is 4. The van der Waals surface area contributed by atoms with Crippen LogP contribution >= 0.6 is 0 Å². The summed E-state index contributed by atoms with van der Waals surface area (Å²) in [6, 6.07) is -2.00. The number of nitrogens with zero attached hydrogens (tertiary/aromatic N) is 1. The molecule has 0 aromatic rings. The van der Waals surface area contributed by atoms with E-state index in [-0.39, 0.29) is 12.3 Å². The number of hydrogen-bond acceptors (Lipinski definition) is 4. The second-order valence-electron chi connectivity index (χ2n) is 4.76. The van der Waals surface area contributed by atoms with Gasteiger partial charge in [0.2, 0.25) is 11.8 Å². The molecule has 0 aliphatic rings. The van der Waals surface area contributed by atoms with Crippen LogP contribution in [0.4, 0.5) is 4.79 Å². The van der Waals surface area contributed by atoms with Crippen molar-refractivity contribution in [1.29, 1.82) is 0 Å². The molecular weight excluding hydrogens is 268 g/mol. The van der Waals surface area contributed by atoms with Crippen LogP contribution in [0.15, 0.2) is 0 Å². The maximum Gasteiger partial charge on any atom is 0.326 e. The standard InChI is InChI=1S/C11H20N4O5/c1-6(2)3-7(10(18)19)14-11(20)15(4-8(12)16)5-9(13)17/h6-7H,3-5H2,1-2H3,(H2,12,16)(H2,13,17)(H,14,20)(H,18,19). The van der Waals surface area contributed by atoms with Gasteiger partial charge in [0.1, 0.15) is 19.1 Å². The number of aliphatic carboxylic acids is 1. The number of amides is 4. The van der Waals surface area contributed by atoms with Crippen molar-refractivity contribution in [2.45, 2.75) is 26.3 Å². The van der Waals surface area contributed by atoms with E-state index in [2.05, 4.69) is 5.32 Å². The van der Waals surface area contributed by atoms with Gasteiger partial charge in [-0.2, -0.15) is 0 Å². The molecule has 4 amide bonds. The maximum atomic E-state index is 11.8. The first-order chi connectivity index (χ1) is 9.13. The van der Waals surface area contributed by atoms with E-state index in [0.29, 0.717) is 0 Å². The van der Waals surface area contributed by atoms with E-state index in [1.54, 1.807) is 13.8 Å². The van der Waals surface area contributed by atoms with Crippen LogP contribution < -0.4 is 16.8 Å².